The molecule has 1 unspecified atom stereocenters. The van der Waals surface area contributed by atoms with E-state index >= 15 is 0 Å². The van der Waals surface area contributed by atoms with Crippen LogP contribution in [0.1, 0.15) is 25.7 Å². The first-order valence-corrected chi connectivity index (χ1v) is 6.23. The maximum atomic E-state index is 6.24. The summed E-state index contributed by atoms with van der Waals surface area (Å²) in [5, 5.41) is 1.83. The molecule has 0 saturated heterocycles. The molecule has 1 aromatic carbocycles. The fourth-order valence-electron chi connectivity index (χ4n) is 2.75. The van der Waals surface area contributed by atoms with Crippen LogP contribution in [0.4, 0.5) is 5.69 Å². The Hall–Kier alpha value is -1.26. The molecule has 4 nitrogen and oxygen atoms in total. The minimum atomic E-state index is 0.196. The molecular weight excluding hydrogens is 216 g/mol. The van der Waals surface area contributed by atoms with Gasteiger partial charge in [0.15, 0.2) is 6.79 Å². The van der Waals surface area contributed by atoms with Crippen LogP contribution in [0.3, 0.4) is 0 Å². The fraction of sp³-hybridized carbons (Fsp3) is 0.538. The molecule has 92 valence electrons. The Balaban J connectivity index is 1.94. The Kier molecular flexibility index (Phi) is 2.91. The van der Waals surface area contributed by atoms with Crippen molar-refractivity contribution in [3.05, 3.63) is 24.3 Å². The van der Waals surface area contributed by atoms with E-state index in [1.807, 2.05) is 29.3 Å². The third kappa shape index (κ3) is 1.98. The number of rotatable bonds is 0. The van der Waals surface area contributed by atoms with E-state index in [1.54, 1.807) is 0 Å². The molecule has 1 fully saturated rings. The summed E-state index contributed by atoms with van der Waals surface area (Å²) in [4.78, 5) is 0. The Bertz CT molecular complexity index is 397. The second-order valence-corrected chi connectivity index (χ2v) is 4.69. The highest BCUT2D eigenvalue weighted by molar-refractivity contribution is 5.58. The number of nitrogens with zero attached hydrogens (tertiary/aromatic N) is 1. The lowest BCUT2D eigenvalue weighted by molar-refractivity contribution is -0.0632. The third-order valence-electron chi connectivity index (χ3n) is 3.66. The number of benzene rings is 1. The van der Waals surface area contributed by atoms with Gasteiger partial charge in [-0.15, -0.1) is 0 Å². The average molecular weight is 234 g/mol. The van der Waals surface area contributed by atoms with Gasteiger partial charge in [-0.05, 0) is 25.0 Å². The lowest BCUT2D eigenvalue weighted by atomic mass is 9.91. The first-order chi connectivity index (χ1) is 8.36. The zero-order chi connectivity index (χ0) is 11.7. The molecule has 2 atom stereocenters. The van der Waals surface area contributed by atoms with E-state index in [2.05, 4.69) is 0 Å². The Morgan fingerprint density at radius 1 is 1.18 bits per heavy atom. The predicted molar refractivity (Wildman–Crippen MR) is 65.7 cm³/mol. The highest BCUT2D eigenvalue weighted by atomic mass is 16.7. The maximum Gasteiger partial charge on any atom is 0.189 e. The van der Waals surface area contributed by atoms with Gasteiger partial charge in [0.1, 0.15) is 5.75 Å². The van der Waals surface area contributed by atoms with Gasteiger partial charge in [-0.2, -0.15) is 0 Å². The minimum absolute atomic E-state index is 0.196. The van der Waals surface area contributed by atoms with E-state index in [4.69, 9.17) is 15.3 Å². The van der Waals surface area contributed by atoms with Crippen LogP contribution in [0.2, 0.25) is 0 Å². The summed E-state index contributed by atoms with van der Waals surface area (Å²) in [5.41, 5.74) is 0.965. The van der Waals surface area contributed by atoms with Crippen molar-refractivity contribution in [3.63, 3.8) is 0 Å². The summed E-state index contributed by atoms with van der Waals surface area (Å²) in [6.45, 7) is 0.325. The second-order valence-electron chi connectivity index (χ2n) is 4.69. The van der Waals surface area contributed by atoms with Crippen molar-refractivity contribution in [1.29, 1.82) is 0 Å². The van der Waals surface area contributed by atoms with Crippen molar-refractivity contribution in [1.82, 2.24) is 0 Å². The van der Waals surface area contributed by atoms with Crippen molar-refractivity contribution in [2.75, 3.05) is 11.8 Å². The highest BCUT2D eigenvalue weighted by Crippen LogP contribution is 2.34. The number of nitrogens with two attached hydrogens (primary N) is 1. The second kappa shape index (κ2) is 4.55. The molecule has 3 rings (SSSR count). The zero-order valence-corrected chi connectivity index (χ0v) is 9.84. The number of para-hydroxylation sites is 2. The van der Waals surface area contributed by atoms with Gasteiger partial charge in [-0.25, -0.2) is 5.84 Å². The van der Waals surface area contributed by atoms with Gasteiger partial charge in [0.05, 0.1) is 17.8 Å². The van der Waals surface area contributed by atoms with E-state index in [1.165, 1.54) is 12.8 Å². The molecule has 4 heteroatoms. The van der Waals surface area contributed by atoms with E-state index < -0.39 is 0 Å². The Morgan fingerprint density at radius 2 is 2.00 bits per heavy atom. The standard InChI is InChI=1S/C13H18N2O2/c14-15-10-5-1-3-7-12(10)16-9-17-13-8-4-2-6-11(13)15/h1,3,5,7,11,13H,2,4,6,8-9,14H2/t11-,13?/m0/s1. The molecule has 0 spiro atoms. The molecule has 1 saturated carbocycles. The quantitative estimate of drug-likeness (QED) is 0.698. The molecule has 1 aliphatic heterocycles. The molecule has 1 aromatic rings. The lowest BCUT2D eigenvalue weighted by Gasteiger charge is -2.40. The lowest BCUT2D eigenvalue weighted by Crippen LogP contribution is -2.52. The van der Waals surface area contributed by atoms with Crippen molar-refractivity contribution in [2.24, 2.45) is 5.84 Å². The first kappa shape index (κ1) is 10.9. The van der Waals surface area contributed by atoms with Gasteiger partial charge in [0, 0.05) is 0 Å². The largest absolute Gasteiger partial charge is 0.465 e. The van der Waals surface area contributed by atoms with Crippen LogP contribution in [0.25, 0.3) is 0 Å². The van der Waals surface area contributed by atoms with Crippen LogP contribution in [0, 0.1) is 0 Å². The monoisotopic (exact) mass is 234 g/mol. The number of anilines is 1. The number of ether oxygens (including phenoxy) is 2. The molecule has 1 aliphatic carbocycles. The molecule has 2 N–H and O–H groups in total. The van der Waals surface area contributed by atoms with Crippen LogP contribution in [-0.4, -0.2) is 18.9 Å². The maximum absolute atomic E-state index is 6.24. The Labute approximate surface area is 101 Å². The molecule has 0 radical (unpaired) electrons. The van der Waals surface area contributed by atoms with Gasteiger partial charge in [-0.3, -0.25) is 0 Å². The van der Waals surface area contributed by atoms with Crippen LogP contribution in [0.15, 0.2) is 24.3 Å². The van der Waals surface area contributed by atoms with Crippen molar-refractivity contribution >= 4 is 5.69 Å². The van der Waals surface area contributed by atoms with Crippen LogP contribution < -0.4 is 15.6 Å². The van der Waals surface area contributed by atoms with Gasteiger partial charge < -0.3 is 14.5 Å². The van der Waals surface area contributed by atoms with Crippen LogP contribution >= 0.6 is 0 Å². The zero-order valence-electron chi connectivity index (χ0n) is 9.84. The van der Waals surface area contributed by atoms with E-state index in [-0.39, 0.29) is 12.1 Å². The molecule has 2 aliphatic rings. The van der Waals surface area contributed by atoms with Gasteiger partial charge >= 0.3 is 0 Å². The van der Waals surface area contributed by atoms with Gasteiger partial charge in [-0.1, -0.05) is 25.0 Å². The number of hydrogen-bond donors (Lipinski definition) is 1. The molecule has 17 heavy (non-hydrogen) atoms. The molecular formula is C13H18N2O2. The molecule has 0 bridgehead atoms. The summed E-state index contributed by atoms with van der Waals surface area (Å²) in [5.74, 6) is 7.05. The van der Waals surface area contributed by atoms with Crippen molar-refractivity contribution in [3.8, 4) is 5.75 Å². The third-order valence-corrected chi connectivity index (χ3v) is 3.66. The SMILES string of the molecule is NN1c2ccccc2OCOC2CCCC[C@@H]21. The highest BCUT2D eigenvalue weighted by Gasteiger charge is 2.32. The number of hydrogen-bond acceptors (Lipinski definition) is 4. The van der Waals surface area contributed by atoms with Gasteiger partial charge in [0.2, 0.25) is 0 Å². The van der Waals surface area contributed by atoms with E-state index in [0.29, 0.717) is 6.79 Å². The number of fused-ring (bicyclic) bond motifs is 2. The van der Waals surface area contributed by atoms with Crippen molar-refractivity contribution < 1.29 is 9.47 Å². The van der Waals surface area contributed by atoms with Crippen molar-refractivity contribution in [2.45, 2.75) is 37.8 Å². The molecule has 0 aromatic heterocycles. The topological polar surface area (TPSA) is 47.7 Å². The molecule has 1 heterocycles. The van der Waals surface area contributed by atoms with Crippen LogP contribution in [-0.2, 0) is 4.74 Å². The summed E-state index contributed by atoms with van der Waals surface area (Å²) < 4.78 is 11.4. The van der Waals surface area contributed by atoms with Crippen LogP contribution in [0.5, 0.6) is 5.75 Å². The summed E-state index contributed by atoms with van der Waals surface area (Å²) >= 11 is 0. The Morgan fingerprint density at radius 3 is 2.94 bits per heavy atom. The summed E-state index contributed by atoms with van der Waals surface area (Å²) in [6, 6.07) is 8.15. The number of hydrazine groups is 1. The first-order valence-electron chi connectivity index (χ1n) is 6.23. The summed E-state index contributed by atoms with van der Waals surface area (Å²) in [6.07, 6.45) is 4.80. The predicted octanol–water partition coefficient (Wildman–Crippen LogP) is 2.04. The van der Waals surface area contributed by atoms with E-state index in [9.17, 15) is 0 Å². The smallest absolute Gasteiger partial charge is 0.189 e. The van der Waals surface area contributed by atoms with E-state index in [0.717, 1.165) is 24.3 Å². The van der Waals surface area contributed by atoms with Gasteiger partial charge in [0.25, 0.3) is 0 Å². The molecule has 0 amide bonds. The average Bonchev–Trinajstić information content (AvgIpc) is 2.37. The summed E-state index contributed by atoms with van der Waals surface area (Å²) in [7, 11) is 0. The fourth-order valence-corrected chi connectivity index (χ4v) is 2.75. The normalized spacial score (nSPS) is 28.4. The minimum Gasteiger partial charge on any atom is -0.465 e.